The Kier molecular flexibility index (Phi) is 5.08. The first-order valence-corrected chi connectivity index (χ1v) is 5.62. The zero-order valence-corrected chi connectivity index (χ0v) is 10.5. The fourth-order valence-corrected chi connectivity index (χ4v) is 1.54. The zero-order chi connectivity index (χ0) is 11.3. The molecular formula is C11H15BrO3. The lowest BCUT2D eigenvalue weighted by Crippen LogP contribution is -2.05. The molecule has 4 heteroatoms. The molecule has 0 heterocycles. The monoisotopic (exact) mass is 274 g/mol. The molecule has 0 saturated heterocycles. The van der Waals surface area contributed by atoms with Crippen molar-refractivity contribution in [3.05, 3.63) is 28.2 Å². The second-order valence-corrected chi connectivity index (χ2v) is 4.03. The second kappa shape index (κ2) is 6.10. The van der Waals surface area contributed by atoms with E-state index in [0.29, 0.717) is 12.4 Å². The van der Waals surface area contributed by atoms with Gasteiger partial charge < -0.3 is 14.6 Å². The summed E-state index contributed by atoms with van der Waals surface area (Å²) < 4.78 is 11.4. The van der Waals surface area contributed by atoms with Crippen LogP contribution in [0.25, 0.3) is 0 Å². The van der Waals surface area contributed by atoms with Gasteiger partial charge in [0.15, 0.2) is 6.79 Å². The zero-order valence-electron chi connectivity index (χ0n) is 8.87. The van der Waals surface area contributed by atoms with Gasteiger partial charge in [-0.2, -0.15) is 0 Å². The minimum absolute atomic E-state index is 0.206. The van der Waals surface area contributed by atoms with E-state index in [4.69, 9.17) is 9.47 Å². The van der Waals surface area contributed by atoms with Crippen LogP contribution in [0.5, 0.6) is 5.75 Å². The van der Waals surface area contributed by atoms with Gasteiger partial charge in [-0.25, -0.2) is 0 Å². The molecule has 1 atom stereocenters. The van der Waals surface area contributed by atoms with E-state index in [1.807, 2.05) is 25.1 Å². The summed E-state index contributed by atoms with van der Waals surface area (Å²) in [5, 5.41) is 9.54. The van der Waals surface area contributed by atoms with Crippen molar-refractivity contribution in [2.45, 2.75) is 20.0 Å². The molecule has 1 rings (SSSR count). The lowest BCUT2D eigenvalue weighted by molar-refractivity contribution is 0.0204. The first kappa shape index (κ1) is 12.5. The molecule has 0 fully saturated rings. The highest BCUT2D eigenvalue weighted by molar-refractivity contribution is 9.10. The molecule has 0 aliphatic rings. The highest BCUT2D eigenvalue weighted by Crippen LogP contribution is 2.28. The van der Waals surface area contributed by atoms with Gasteiger partial charge in [-0.3, -0.25) is 0 Å². The summed E-state index contributed by atoms with van der Waals surface area (Å²) in [6.45, 7) is 4.42. The largest absolute Gasteiger partial charge is 0.467 e. The number of rotatable bonds is 5. The summed E-state index contributed by atoms with van der Waals surface area (Å²) >= 11 is 3.35. The molecule has 84 valence electrons. The van der Waals surface area contributed by atoms with Crippen LogP contribution in [0.4, 0.5) is 0 Å². The molecule has 0 aromatic heterocycles. The Hall–Kier alpha value is -0.580. The number of halogens is 1. The topological polar surface area (TPSA) is 38.7 Å². The fourth-order valence-electron chi connectivity index (χ4n) is 1.17. The summed E-state index contributed by atoms with van der Waals surface area (Å²) in [5.74, 6) is 0.654. The van der Waals surface area contributed by atoms with Crippen LogP contribution in [0.1, 0.15) is 25.5 Å². The Morgan fingerprint density at radius 3 is 2.80 bits per heavy atom. The predicted molar refractivity (Wildman–Crippen MR) is 61.9 cm³/mol. The third-order valence-corrected chi connectivity index (χ3v) is 2.42. The SMILES string of the molecule is CCOCOc1ccc(Br)cc1[C@H](C)O. The summed E-state index contributed by atoms with van der Waals surface area (Å²) in [5.41, 5.74) is 0.754. The van der Waals surface area contributed by atoms with Crippen LogP contribution in [0.15, 0.2) is 22.7 Å². The van der Waals surface area contributed by atoms with Crippen LogP contribution in [-0.4, -0.2) is 18.5 Å². The van der Waals surface area contributed by atoms with Gasteiger partial charge in [0, 0.05) is 16.6 Å². The minimum Gasteiger partial charge on any atom is -0.467 e. The van der Waals surface area contributed by atoms with Gasteiger partial charge in [-0.1, -0.05) is 15.9 Å². The molecule has 0 unspecified atom stereocenters. The summed E-state index contributed by atoms with van der Waals surface area (Å²) in [7, 11) is 0. The minimum atomic E-state index is -0.556. The highest BCUT2D eigenvalue weighted by Gasteiger charge is 2.09. The van der Waals surface area contributed by atoms with Gasteiger partial charge in [0.2, 0.25) is 0 Å². The predicted octanol–water partition coefficient (Wildman–Crippen LogP) is 2.88. The maximum absolute atomic E-state index is 9.54. The maximum atomic E-state index is 9.54. The molecule has 1 N–H and O–H groups in total. The molecule has 1 aromatic rings. The van der Waals surface area contributed by atoms with Crippen LogP contribution in [0.3, 0.4) is 0 Å². The van der Waals surface area contributed by atoms with E-state index in [-0.39, 0.29) is 6.79 Å². The number of aliphatic hydroxyl groups is 1. The number of aliphatic hydroxyl groups excluding tert-OH is 1. The molecule has 0 bridgehead atoms. The van der Waals surface area contributed by atoms with Gasteiger partial charge >= 0.3 is 0 Å². The molecule has 0 saturated carbocycles. The lowest BCUT2D eigenvalue weighted by Gasteiger charge is -2.13. The Labute approximate surface area is 98.1 Å². The third kappa shape index (κ3) is 3.81. The van der Waals surface area contributed by atoms with E-state index in [0.717, 1.165) is 10.0 Å². The Balaban J connectivity index is 2.77. The third-order valence-electron chi connectivity index (χ3n) is 1.92. The maximum Gasteiger partial charge on any atom is 0.189 e. The van der Waals surface area contributed by atoms with Crippen molar-refractivity contribution in [1.29, 1.82) is 0 Å². The van der Waals surface area contributed by atoms with Crippen LogP contribution in [0.2, 0.25) is 0 Å². The van der Waals surface area contributed by atoms with E-state index < -0.39 is 6.10 Å². The first-order chi connectivity index (χ1) is 7.15. The molecule has 0 spiro atoms. The lowest BCUT2D eigenvalue weighted by atomic mass is 10.1. The average Bonchev–Trinajstić information content (AvgIpc) is 2.20. The van der Waals surface area contributed by atoms with Gasteiger partial charge in [0.25, 0.3) is 0 Å². The van der Waals surface area contributed by atoms with E-state index in [2.05, 4.69) is 15.9 Å². The normalized spacial score (nSPS) is 12.5. The molecule has 3 nitrogen and oxygen atoms in total. The number of hydrogen-bond donors (Lipinski definition) is 1. The molecule has 15 heavy (non-hydrogen) atoms. The van der Waals surface area contributed by atoms with Crippen LogP contribution >= 0.6 is 15.9 Å². The smallest absolute Gasteiger partial charge is 0.189 e. The van der Waals surface area contributed by atoms with Gasteiger partial charge in [-0.05, 0) is 32.0 Å². The highest BCUT2D eigenvalue weighted by atomic mass is 79.9. The standard InChI is InChI=1S/C11H15BrO3/c1-3-14-7-15-11-5-4-9(12)6-10(11)8(2)13/h4-6,8,13H,3,7H2,1-2H3/t8-/m0/s1. The van der Waals surface area contributed by atoms with Crippen LogP contribution in [0, 0.1) is 0 Å². The van der Waals surface area contributed by atoms with Crippen molar-refractivity contribution in [3.8, 4) is 5.75 Å². The Bertz CT molecular complexity index is 313. The number of benzene rings is 1. The summed E-state index contributed by atoms with van der Waals surface area (Å²) in [4.78, 5) is 0. The molecule has 0 aliphatic carbocycles. The molecule has 0 aliphatic heterocycles. The van der Waals surface area contributed by atoms with E-state index in [9.17, 15) is 5.11 Å². The van der Waals surface area contributed by atoms with Gasteiger partial charge in [0.05, 0.1) is 6.10 Å². The van der Waals surface area contributed by atoms with Gasteiger partial charge in [0.1, 0.15) is 5.75 Å². The fraction of sp³-hybridized carbons (Fsp3) is 0.455. The molecular weight excluding hydrogens is 260 g/mol. The van der Waals surface area contributed by atoms with Crippen molar-refractivity contribution < 1.29 is 14.6 Å². The van der Waals surface area contributed by atoms with Crippen molar-refractivity contribution in [2.24, 2.45) is 0 Å². The van der Waals surface area contributed by atoms with Crippen molar-refractivity contribution in [3.63, 3.8) is 0 Å². The van der Waals surface area contributed by atoms with E-state index in [1.54, 1.807) is 6.92 Å². The number of ether oxygens (including phenoxy) is 2. The summed E-state index contributed by atoms with van der Waals surface area (Å²) in [6, 6.07) is 5.52. The first-order valence-electron chi connectivity index (χ1n) is 4.83. The molecule has 0 radical (unpaired) electrons. The van der Waals surface area contributed by atoms with Crippen molar-refractivity contribution >= 4 is 15.9 Å². The quantitative estimate of drug-likeness (QED) is 0.663. The van der Waals surface area contributed by atoms with Crippen LogP contribution < -0.4 is 4.74 Å². The van der Waals surface area contributed by atoms with E-state index >= 15 is 0 Å². The Morgan fingerprint density at radius 1 is 1.47 bits per heavy atom. The molecule has 1 aromatic carbocycles. The van der Waals surface area contributed by atoms with Crippen molar-refractivity contribution in [2.75, 3.05) is 13.4 Å². The Morgan fingerprint density at radius 2 is 2.20 bits per heavy atom. The number of hydrogen-bond acceptors (Lipinski definition) is 3. The van der Waals surface area contributed by atoms with Crippen molar-refractivity contribution in [1.82, 2.24) is 0 Å². The second-order valence-electron chi connectivity index (χ2n) is 3.11. The van der Waals surface area contributed by atoms with Crippen LogP contribution in [-0.2, 0) is 4.74 Å². The average molecular weight is 275 g/mol. The summed E-state index contributed by atoms with van der Waals surface area (Å²) in [6.07, 6.45) is -0.556. The molecule has 0 amide bonds. The van der Waals surface area contributed by atoms with Gasteiger partial charge in [-0.15, -0.1) is 0 Å². The van der Waals surface area contributed by atoms with E-state index in [1.165, 1.54) is 0 Å².